The molecule has 0 saturated heterocycles. The second-order valence-electron chi connectivity index (χ2n) is 7.90. The second-order valence-corrected chi connectivity index (χ2v) is 9.92. The van der Waals surface area contributed by atoms with E-state index in [4.69, 9.17) is 0 Å². The van der Waals surface area contributed by atoms with Crippen LogP contribution in [0.5, 0.6) is 0 Å². The Kier molecular flexibility index (Phi) is 6.18. The average Bonchev–Trinajstić information content (AvgIpc) is 2.72. The molecule has 31 heavy (non-hydrogen) atoms. The zero-order valence-corrected chi connectivity index (χ0v) is 18.8. The van der Waals surface area contributed by atoms with Gasteiger partial charge in [-0.3, -0.25) is 9.59 Å². The number of benzene rings is 3. The van der Waals surface area contributed by atoms with Crippen LogP contribution in [0.25, 0.3) is 10.8 Å². The molecule has 0 aliphatic carbocycles. The van der Waals surface area contributed by atoms with Crippen molar-refractivity contribution in [2.75, 3.05) is 6.26 Å². The number of hydrogen-bond acceptors (Lipinski definition) is 4. The molecular weight excluding hydrogens is 412 g/mol. The topological polar surface area (TPSA) is 92.3 Å². The molecule has 2 atom stereocenters. The van der Waals surface area contributed by atoms with Crippen LogP contribution in [0.15, 0.2) is 71.6 Å². The quantitative estimate of drug-likeness (QED) is 0.616. The van der Waals surface area contributed by atoms with Gasteiger partial charge in [-0.2, -0.15) is 0 Å². The molecule has 0 fully saturated rings. The maximum Gasteiger partial charge on any atom is 0.250 e. The summed E-state index contributed by atoms with van der Waals surface area (Å²) >= 11 is 0. The third-order valence-electron chi connectivity index (χ3n) is 5.36. The highest BCUT2D eigenvalue weighted by Gasteiger charge is 2.37. The van der Waals surface area contributed by atoms with Crippen LogP contribution in [0.1, 0.15) is 37.9 Å². The lowest BCUT2D eigenvalue weighted by molar-refractivity contribution is -0.133. The molecule has 3 aromatic rings. The smallest absolute Gasteiger partial charge is 0.250 e. The highest BCUT2D eigenvalue weighted by Crippen LogP contribution is 2.26. The Morgan fingerprint density at radius 2 is 1.55 bits per heavy atom. The van der Waals surface area contributed by atoms with Crippen molar-refractivity contribution in [3.8, 4) is 0 Å². The normalized spacial score (nSPS) is 14.5. The number of amides is 2. The summed E-state index contributed by atoms with van der Waals surface area (Å²) in [6.07, 6.45) is 1.12. The minimum Gasteiger partial charge on any atom is -0.347 e. The highest BCUT2D eigenvalue weighted by atomic mass is 32.2. The van der Waals surface area contributed by atoms with Gasteiger partial charge in [0.15, 0.2) is 9.84 Å². The summed E-state index contributed by atoms with van der Waals surface area (Å²) in [5.41, 5.74) is 0.0513. The average molecular weight is 439 g/mol. The molecule has 6 nitrogen and oxygen atoms in total. The summed E-state index contributed by atoms with van der Waals surface area (Å²) in [4.78, 5) is 25.3. The SMILES string of the molecule is CC(=O)N[C@@](C)(C(=O)N[C@@H](C)c1ccc2ccccc2c1)c1ccc(S(C)(=O)=O)cc1. The van der Waals surface area contributed by atoms with Crippen LogP contribution in [-0.4, -0.2) is 26.5 Å². The molecule has 0 aliphatic heterocycles. The number of fused-ring (bicyclic) bond motifs is 1. The largest absolute Gasteiger partial charge is 0.347 e. The van der Waals surface area contributed by atoms with Gasteiger partial charge in [-0.25, -0.2) is 8.42 Å². The van der Waals surface area contributed by atoms with E-state index in [-0.39, 0.29) is 16.8 Å². The van der Waals surface area contributed by atoms with Crippen molar-refractivity contribution in [2.45, 2.75) is 37.2 Å². The Morgan fingerprint density at radius 1 is 0.935 bits per heavy atom. The number of sulfone groups is 1. The van der Waals surface area contributed by atoms with Gasteiger partial charge < -0.3 is 10.6 Å². The van der Waals surface area contributed by atoms with E-state index < -0.39 is 21.3 Å². The molecule has 162 valence electrons. The minimum atomic E-state index is -3.37. The van der Waals surface area contributed by atoms with Crippen molar-refractivity contribution in [1.29, 1.82) is 0 Å². The Hall–Kier alpha value is -3.19. The first-order valence-corrected chi connectivity index (χ1v) is 11.8. The van der Waals surface area contributed by atoms with Gasteiger partial charge in [-0.05, 0) is 53.9 Å². The monoisotopic (exact) mass is 438 g/mol. The fourth-order valence-electron chi connectivity index (χ4n) is 3.55. The summed E-state index contributed by atoms with van der Waals surface area (Å²) in [7, 11) is -3.37. The molecule has 0 aliphatic rings. The van der Waals surface area contributed by atoms with E-state index in [0.29, 0.717) is 5.56 Å². The molecule has 0 radical (unpaired) electrons. The molecule has 0 spiro atoms. The third kappa shape index (κ3) is 4.94. The van der Waals surface area contributed by atoms with Gasteiger partial charge in [0, 0.05) is 13.2 Å². The molecule has 7 heteroatoms. The van der Waals surface area contributed by atoms with E-state index in [1.807, 2.05) is 49.4 Å². The molecule has 0 heterocycles. The van der Waals surface area contributed by atoms with Crippen LogP contribution in [0.2, 0.25) is 0 Å². The van der Waals surface area contributed by atoms with E-state index in [0.717, 1.165) is 22.6 Å². The van der Waals surface area contributed by atoms with Crippen molar-refractivity contribution in [3.05, 3.63) is 77.9 Å². The van der Waals surface area contributed by atoms with Crippen molar-refractivity contribution in [2.24, 2.45) is 0 Å². The zero-order chi connectivity index (χ0) is 22.8. The Morgan fingerprint density at radius 3 is 2.13 bits per heavy atom. The van der Waals surface area contributed by atoms with Crippen molar-refractivity contribution in [3.63, 3.8) is 0 Å². The number of carbonyl (C=O) groups is 2. The summed E-state index contributed by atoms with van der Waals surface area (Å²) in [5, 5.41) is 7.88. The molecule has 2 N–H and O–H groups in total. The van der Waals surface area contributed by atoms with Crippen LogP contribution in [0.4, 0.5) is 0 Å². The molecular formula is C24H26N2O4S. The number of rotatable bonds is 6. The molecule has 0 aromatic heterocycles. The Balaban J connectivity index is 1.90. The molecule has 0 unspecified atom stereocenters. The first-order chi connectivity index (χ1) is 14.5. The van der Waals surface area contributed by atoms with Crippen LogP contribution in [-0.2, 0) is 25.0 Å². The van der Waals surface area contributed by atoms with Gasteiger partial charge in [0.1, 0.15) is 5.54 Å². The van der Waals surface area contributed by atoms with E-state index in [9.17, 15) is 18.0 Å². The third-order valence-corrected chi connectivity index (χ3v) is 6.49. The predicted molar refractivity (Wildman–Crippen MR) is 121 cm³/mol. The zero-order valence-electron chi connectivity index (χ0n) is 18.0. The minimum absolute atomic E-state index is 0.145. The number of carbonyl (C=O) groups excluding carboxylic acids is 2. The van der Waals surface area contributed by atoms with Gasteiger partial charge >= 0.3 is 0 Å². The van der Waals surface area contributed by atoms with Gasteiger partial charge in [-0.15, -0.1) is 0 Å². The summed E-state index contributed by atoms with van der Waals surface area (Å²) < 4.78 is 23.5. The van der Waals surface area contributed by atoms with Crippen LogP contribution >= 0.6 is 0 Å². The van der Waals surface area contributed by atoms with Crippen LogP contribution in [0.3, 0.4) is 0 Å². The molecule has 3 rings (SSSR count). The summed E-state index contributed by atoms with van der Waals surface area (Å²) in [6.45, 7) is 4.82. The van der Waals surface area contributed by atoms with Crippen LogP contribution in [0, 0.1) is 0 Å². The number of nitrogens with one attached hydrogen (secondary N) is 2. The van der Waals surface area contributed by atoms with Crippen molar-refractivity contribution >= 4 is 32.4 Å². The van der Waals surface area contributed by atoms with Gasteiger partial charge in [0.25, 0.3) is 5.91 Å². The van der Waals surface area contributed by atoms with E-state index in [1.54, 1.807) is 19.1 Å². The Labute approximate surface area is 182 Å². The molecule has 3 aromatic carbocycles. The lowest BCUT2D eigenvalue weighted by atomic mass is 9.90. The van der Waals surface area contributed by atoms with Gasteiger partial charge in [0.2, 0.25) is 5.91 Å². The van der Waals surface area contributed by atoms with Gasteiger partial charge in [0.05, 0.1) is 10.9 Å². The van der Waals surface area contributed by atoms with E-state index in [1.165, 1.54) is 19.1 Å². The lowest BCUT2D eigenvalue weighted by Gasteiger charge is -2.31. The lowest BCUT2D eigenvalue weighted by Crippen LogP contribution is -2.54. The Bertz CT molecular complexity index is 1240. The fraction of sp³-hybridized carbons (Fsp3) is 0.250. The molecule has 0 saturated carbocycles. The van der Waals surface area contributed by atoms with Crippen LogP contribution < -0.4 is 10.6 Å². The first kappa shape index (κ1) is 22.5. The standard InChI is InChI=1S/C24H26N2O4S/c1-16(19-10-9-18-7-5-6-8-20(18)15-19)25-23(28)24(3,26-17(2)27)21-11-13-22(14-12-21)31(4,29)30/h5-16H,1-4H3,(H,25,28)(H,26,27)/t16-,24+/m0/s1. The second kappa shape index (κ2) is 8.51. The van der Waals surface area contributed by atoms with E-state index in [2.05, 4.69) is 10.6 Å². The van der Waals surface area contributed by atoms with E-state index >= 15 is 0 Å². The van der Waals surface area contributed by atoms with Crippen molar-refractivity contribution < 1.29 is 18.0 Å². The summed E-state index contributed by atoms with van der Waals surface area (Å²) in [5.74, 6) is -0.765. The predicted octanol–water partition coefficient (Wildman–Crippen LogP) is 3.47. The number of hydrogen-bond donors (Lipinski definition) is 2. The summed E-state index contributed by atoms with van der Waals surface area (Å²) in [6, 6.07) is 19.6. The maximum atomic E-state index is 13.3. The molecule has 0 bridgehead atoms. The highest BCUT2D eigenvalue weighted by molar-refractivity contribution is 7.90. The maximum absolute atomic E-state index is 13.3. The van der Waals surface area contributed by atoms with Gasteiger partial charge in [-0.1, -0.05) is 48.5 Å². The fourth-order valence-corrected chi connectivity index (χ4v) is 4.18. The van der Waals surface area contributed by atoms with Crippen molar-refractivity contribution in [1.82, 2.24) is 10.6 Å². The molecule has 2 amide bonds. The first-order valence-electron chi connectivity index (χ1n) is 9.90.